The molecule has 1 aliphatic heterocycles. The first-order valence-electron chi connectivity index (χ1n) is 9.37. The topological polar surface area (TPSA) is 110 Å². The highest BCUT2D eigenvalue weighted by atomic mass is 32.2. The van der Waals surface area contributed by atoms with Gasteiger partial charge in [0, 0.05) is 6.54 Å². The van der Waals surface area contributed by atoms with Crippen LogP contribution in [0.4, 0.5) is 0 Å². The Hall–Kier alpha value is -2.91. The Kier molecular flexibility index (Phi) is 5.87. The molecule has 0 aliphatic carbocycles. The number of sulfonamides is 1. The summed E-state index contributed by atoms with van der Waals surface area (Å²) in [5.41, 5.74) is 5.09. The van der Waals surface area contributed by atoms with Crippen molar-refractivity contribution in [1.82, 2.24) is 9.21 Å². The third-order valence-corrected chi connectivity index (χ3v) is 7.08. The second kappa shape index (κ2) is 8.08. The number of amides is 2. The summed E-state index contributed by atoms with van der Waals surface area (Å²) >= 11 is 0. The Balaban J connectivity index is 2.04. The molecule has 9 heteroatoms. The number of rotatable bonds is 6. The molecule has 0 radical (unpaired) electrons. The van der Waals surface area contributed by atoms with E-state index in [0.717, 1.165) is 9.87 Å². The molecule has 30 heavy (non-hydrogen) atoms. The summed E-state index contributed by atoms with van der Waals surface area (Å²) in [6.07, 6.45) is 0. The SMILES string of the molecule is COc1ccc(S(=O)(=O)N2CN(Cc3ccccc3)C(=O)C(C)(C)[C@@H]2C(N)=O)cc1. The second-order valence-electron chi connectivity index (χ2n) is 7.72. The zero-order valence-electron chi connectivity index (χ0n) is 17.1. The first-order valence-corrected chi connectivity index (χ1v) is 10.8. The van der Waals surface area contributed by atoms with E-state index in [0.29, 0.717) is 5.75 Å². The number of hydrogen-bond donors (Lipinski definition) is 1. The van der Waals surface area contributed by atoms with Crippen LogP contribution in [0.15, 0.2) is 59.5 Å². The molecule has 1 saturated heterocycles. The van der Waals surface area contributed by atoms with Crippen LogP contribution in [0.1, 0.15) is 19.4 Å². The predicted molar refractivity (Wildman–Crippen MR) is 111 cm³/mol. The second-order valence-corrected chi connectivity index (χ2v) is 9.61. The molecule has 2 aromatic rings. The van der Waals surface area contributed by atoms with Crippen LogP contribution < -0.4 is 10.5 Å². The molecular weight excluding hydrogens is 406 g/mol. The van der Waals surface area contributed by atoms with Gasteiger partial charge in [-0.2, -0.15) is 4.31 Å². The molecule has 8 nitrogen and oxygen atoms in total. The third-order valence-electron chi connectivity index (χ3n) is 5.27. The Morgan fingerprint density at radius 1 is 1.13 bits per heavy atom. The van der Waals surface area contributed by atoms with Crippen molar-refractivity contribution >= 4 is 21.8 Å². The highest BCUT2D eigenvalue weighted by molar-refractivity contribution is 7.89. The summed E-state index contributed by atoms with van der Waals surface area (Å²) < 4.78 is 33.0. The zero-order valence-corrected chi connectivity index (χ0v) is 17.9. The maximum absolute atomic E-state index is 13.4. The zero-order chi connectivity index (χ0) is 22.1. The Labute approximate surface area is 176 Å². The fraction of sp³-hybridized carbons (Fsp3) is 0.333. The van der Waals surface area contributed by atoms with Crippen molar-refractivity contribution in [1.29, 1.82) is 0 Å². The molecule has 0 spiro atoms. The van der Waals surface area contributed by atoms with Gasteiger partial charge in [0.25, 0.3) is 0 Å². The molecule has 2 N–H and O–H groups in total. The summed E-state index contributed by atoms with van der Waals surface area (Å²) in [5, 5.41) is 0. The Bertz CT molecular complexity index is 1040. The lowest BCUT2D eigenvalue weighted by atomic mass is 9.80. The molecule has 0 aromatic heterocycles. The molecular formula is C21H25N3O5S. The first-order chi connectivity index (χ1) is 14.1. The van der Waals surface area contributed by atoms with Crippen LogP contribution in [-0.4, -0.2) is 49.3 Å². The van der Waals surface area contributed by atoms with E-state index in [-0.39, 0.29) is 24.0 Å². The van der Waals surface area contributed by atoms with Crippen molar-refractivity contribution in [3.63, 3.8) is 0 Å². The molecule has 1 fully saturated rings. The minimum absolute atomic E-state index is 0.0145. The van der Waals surface area contributed by atoms with Crippen LogP contribution in [0.2, 0.25) is 0 Å². The highest BCUT2D eigenvalue weighted by Crippen LogP contribution is 2.36. The molecule has 2 amide bonds. The maximum atomic E-state index is 13.4. The smallest absolute Gasteiger partial charge is 0.245 e. The number of ether oxygens (including phenoxy) is 1. The summed E-state index contributed by atoms with van der Waals surface area (Å²) in [4.78, 5) is 26.8. The van der Waals surface area contributed by atoms with E-state index >= 15 is 0 Å². The van der Waals surface area contributed by atoms with Gasteiger partial charge in [-0.05, 0) is 43.7 Å². The number of nitrogens with zero attached hydrogens (tertiary/aromatic N) is 2. The van der Waals surface area contributed by atoms with E-state index in [1.165, 1.54) is 36.3 Å². The molecule has 1 atom stereocenters. The van der Waals surface area contributed by atoms with Crippen LogP contribution >= 0.6 is 0 Å². The van der Waals surface area contributed by atoms with Crippen molar-refractivity contribution in [3.8, 4) is 5.75 Å². The largest absolute Gasteiger partial charge is 0.497 e. The van der Waals surface area contributed by atoms with Crippen molar-refractivity contribution in [3.05, 3.63) is 60.2 Å². The number of carbonyl (C=O) groups is 2. The van der Waals surface area contributed by atoms with E-state index in [1.807, 2.05) is 30.3 Å². The lowest BCUT2D eigenvalue weighted by Crippen LogP contribution is -2.67. The van der Waals surface area contributed by atoms with Gasteiger partial charge in [-0.15, -0.1) is 0 Å². The fourth-order valence-corrected chi connectivity index (χ4v) is 5.41. The van der Waals surface area contributed by atoms with Gasteiger partial charge in [0.2, 0.25) is 21.8 Å². The van der Waals surface area contributed by atoms with Gasteiger partial charge in [0.15, 0.2) is 0 Å². The number of nitrogens with two attached hydrogens (primary N) is 1. The number of primary amides is 1. The fourth-order valence-electron chi connectivity index (χ4n) is 3.72. The molecule has 1 aliphatic rings. The first kappa shape index (κ1) is 21.8. The van der Waals surface area contributed by atoms with Crippen molar-refractivity contribution in [2.75, 3.05) is 13.8 Å². The van der Waals surface area contributed by atoms with Crippen molar-refractivity contribution < 1.29 is 22.7 Å². The number of hydrogen-bond acceptors (Lipinski definition) is 5. The molecule has 0 bridgehead atoms. The summed E-state index contributed by atoms with van der Waals surface area (Å²) in [6, 6.07) is 13.8. The molecule has 2 aromatic carbocycles. The number of carbonyl (C=O) groups excluding carboxylic acids is 2. The van der Waals surface area contributed by atoms with Crippen molar-refractivity contribution in [2.45, 2.75) is 31.3 Å². The third kappa shape index (κ3) is 3.90. The Morgan fingerprint density at radius 2 is 1.73 bits per heavy atom. The lowest BCUT2D eigenvalue weighted by molar-refractivity contribution is -0.157. The summed E-state index contributed by atoms with van der Waals surface area (Å²) in [7, 11) is -2.64. The number of benzene rings is 2. The van der Waals surface area contributed by atoms with E-state index in [1.54, 1.807) is 13.8 Å². The summed E-state index contributed by atoms with van der Waals surface area (Å²) in [6.45, 7) is 3.01. The van der Waals surface area contributed by atoms with Gasteiger partial charge in [-0.1, -0.05) is 30.3 Å². The summed E-state index contributed by atoms with van der Waals surface area (Å²) in [5.74, 6) is -0.707. The van der Waals surface area contributed by atoms with Gasteiger partial charge in [-0.25, -0.2) is 8.42 Å². The minimum Gasteiger partial charge on any atom is -0.497 e. The average molecular weight is 432 g/mol. The minimum atomic E-state index is -4.12. The van der Waals surface area contributed by atoms with Gasteiger partial charge in [-0.3, -0.25) is 9.59 Å². The predicted octanol–water partition coefficient (Wildman–Crippen LogP) is 1.57. The quantitative estimate of drug-likeness (QED) is 0.746. The van der Waals surface area contributed by atoms with E-state index in [2.05, 4.69) is 0 Å². The molecule has 160 valence electrons. The lowest BCUT2D eigenvalue weighted by Gasteiger charge is -2.47. The molecule has 3 rings (SSSR count). The molecule has 0 unspecified atom stereocenters. The van der Waals surface area contributed by atoms with Gasteiger partial charge in [0.1, 0.15) is 11.8 Å². The van der Waals surface area contributed by atoms with Crippen LogP contribution in [0.3, 0.4) is 0 Å². The normalized spacial score (nSPS) is 19.5. The van der Waals surface area contributed by atoms with Crippen LogP contribution in [0.25, 0.3) is 0 Å². The molecule has 0 saturated carbocycles. The van der Waals surface area contributed by atoms with Crippen LogP contribution in [0.5, 0.6) is 5.75 Å². The monoisotopic (exact) mass is 431 g/mol. The number of methoxy groups -OCH3 is 1. The Morgan fingerprint density at radius 3 is 2.27 bits per heavy atom. The average Bonchev–Trinajstić information content (AvgIpc) is 2.71. The highest BCUT2D eigenvalue weighted by Gasteiger charge is 2.54. The molecule has 1 heterocycles. The van der Waals surface area contributed by atoms with E-state index in [4.69, 9.17) is 10.5 Å². The van der Waals surface area contributed by atoms with E-state index < -0.39 is 27.4 Å². The van der Waals surface area contributed by atoms with E-state index in [9.17, 15) is 18.0 Å². The van der Waals surface area contributed by atoms with Crippen LogP contribution in [-0.2, 0) is 26.2 Å². The maximum Gasteiger partial charge on any atom is 0.245 e. The van der Waals surface area contributed by atoms with Gasteiger partial charge in [0.05, 0.1) is 24.1 Å². The van der Waals surface area contributed by atoms with Gasteiger partial charge < -0.3 is 15.4 Å². The standard InChI is InChI=1S/C21H25N3O5S/c1-21(2)18(19(22)25)24(30(27,28)17-11-9-16(29-3)10-12-17)14-23(20(21)26)13-15-7-5-4-6-8-15/h4-12,18H,13-14H2,1-3H3,(H2,22,25)/t18-/m0/s1. The van der Waals surface area contributed by atoms with Crippen LogP contribution in [0, 0.1) is 5.41 Å². The van der Waals surface area contributed by atoms with Gasteiger partial charge >= 0.3 is 0 Å². The van der Waals surface area contributed by atoms with Crippen molar-refractivity contribution in [2.24, 2.45) is 11.1 Å².